The van der Waals surface area contributed by atoms with Gasteiger partial charge in [0.05, 0.1) is 13.3 Å². The maximum atomic E-state index is 10.7. The van der Waals surface area contributed by atoms with Crippen LogP contribution in [-0.2, 0) is 4.74 Å². The number of piperazine rings is 1. The molecular formula is C9H17N5O2. The van der Waals surface area contributed by atoms with Gasteiger partial charge in [0.1, 0.15) is 0 Å². The Balaban J connectivity index is 0.000000181. The monoisotopic (exact) mass is 227 g/mol. The first-order valence-corrected chi connectivity index (χ1v) is 5.09. The molecule has 2 heterocycles. The molecule has 1 fully saturated rings. The normalized spacial score (nSPS) is 18.2. The van der Waals surface area contributed by atoms with Gasteiger partial charge in [-0.3, -0.25) is 5.43 Å². The lowest BCUT2D eigenvalue weighted by Gasteiger charge is -2.15. The Bertz CT molecular complexity index is 251. The number of allylic oxidation sites excluding steroid dienone is 1. The second kappa shape index (κ2) is 7.66. The fourth-order valence-electron chi connectivity index (χ4n) is 1.09. The summed E-state index contributed by atoms with van der Waals surface area (Å²) in [6.07, 6.45) is 4.18. The number of carbonyl (C=O) groups excluding carboxylic acids is 1. The highest BCUT2D eigenvalue weighted by Crippen LogP contribution is 1.91. The predicted octanol–water partition coefficient (Wildman–Crippen LogP) is -0.748. The first kappa shape index (κ1) is 12.5. The molecule has 0 aromatic rings. The number of rotatable bonds is 0. The van der Waals surface area contributed by atoms with Crippen LogP contribution in [-0.4, -0.2) is 50.7 Å². The van der Waals surface area contributed by atoms with Crippen molar-refractivity contribution < 1.29 is 9.53 Å². The molecule has 16 heavy (non-hydrogen) atoms. The van der Waals surface area contributed by atoms with Crippen LogP contribution >= 0.6 is 0 Å². The number of nitrogens with zero attached hydrogens (tertiary/aromatic N) is 2. The Morgan fingerprint density at radius 3 is 2.31 bits per heavy atom. The molecule has 7 heteroatoms. The third kappa shape index (κ3) is 4.76. The molecule has 0 radical (unpaired) electrons. The maximum absolute atomic E-state index is 10.7. The molecule has 0 saturated carbocycles. The average molecular weight is 227 g/mol. The van der Waals surface area contributed by atoms with Gasteiger partial charge in [0.25, 0.3) is 0 Å². The number of methoxy groups -OCH3 is 1. The summed E-state index contributed by atoms with van der Waals surface area (Å²) in [6, 6.07) is 0. The number of carbonyl (C=O) groups is 1. The van der Waals surface area contributed by atoms with Crippen molar-refractivity contribution >= 4 is 12.3 Å². The van der Waals surface area contributed by atoms with Crippen molar-refractivity contribution in [3.05, 3.63) is 12.3 Å². The largest absolute Gasteiger partial charge is 0.450 e. The fraction of sp³-hybridized carbons (Fsp3) is 0.556. The second-order valence-corrected chi connectivity index (χ2v) is 3.03. The molecule has 0 bridgehead atoms. The zero-order valence-electron chi connectivity index (χ0n) is 9.27. The zero-order chi connectivity index (χ0) is 11.6. The molecule has 0 aliphatic carbocycles. The number of ether oxygens (including phenoxy) is 1. The first-order chi connectivity index (χ1) is 7.84. The Labute approximate surface area is 94.5 Å². The molecule has 0 aromatic heterocycles. The third-order valence-electron chi connectivity index (χ3n) is 1.87. The highest BCUT2D eigenvalue weighted by atomic mass is 16.6. The fourth-order valence-corrected chi connectivity index (χ4v) is 1.09. The van der Waals surface area contributed by atoms with E-state index >= 15 is 0 Å². The van der Waals surface area contributed by atoms with Gasteiger partial charge in [-0.15, -0.1) is 5.12 Å². The predicted molar refractivity (Wildman–Crippen MR) is 60.8 cm³/mol. The summed E-state index contributed by atoms with van der Waals surface area (Å²) in [4.78, 5) is 10.7. The van der Waals surface area contributed by atoms with Crippen molar-refractivity contribution in [3.63, 3.8) is 0 Å². The number of hydrogen-bond acceptors (Lipinski definition) is 6. The topological polar surface area (TPSA) is 78.0 Å². The van der Waals surface area contributed by atoms with Crippen LogP contribution in [0.1, 0.15) is 0 Å². The van der Waals surface area contributed by atoms with Crippen LogP contribution in [0, 0.1) is 0 Å². The molecule has 3 N–H and O–H groups in total. The van der Waals surface area contributed by atoms with E-state index in [1.807, 2.05) is 0 Å². The summed E-state index contributed by atoms with van der Waals surface area (Å²) in [7, 11) is 1.29. The lowest BCUT2D eigenvalue weighted by Crippen LogP contribution is -2.39. The van der Waals surface area contributed by atoms with Gasteiger partial charge in [0.15, 0.2) is 0 Å². The standard InChI is InChI=1S/C5H7N3O2.C4H10N2/c1-10-5(9)8-6-3-2-4-7-8;1-2-6-4-3-5-1/h2-4,6H,1H3;5-6H,1-4H2. The van der Waals surface area contributed by atoms with Crippen molar-refractivity contribution in [2.75, 3.05) is 33.3 Å². The number of hydrazone groups is 1. The molecule has 2 rings (SSSR count). The molecule has 90 valence electrons. The number of hydrogen-bond donors (Lipinski definition) is 3. The lowest BCUT2D eigenvalue weighted by atomic mass is 10.4. The summed E-state index contributed by atoms with van der Waals surface area (Å²) in [5, 5.41) is 11.1. The summed E-state index contributed by atoms with van der Waals surface area (Å²) in [5.41, 5.74) is 2.55. The minimum atomic E-state index is -0.541. The lowest BCUT2D eigenvalue weighted by molar-refractivity contribution is 0.111. The van der Waals surface area contributed by atoms with E-state index < -0.39 is 6.09 Å². The summed E-state index contributed by atoms with van der Waals surface area (Å²) in [6.45, 7) is 4.56. The highest BCUT2D eigenvalue weighted by molar-refractivity contribution is 5.75. The highest BCUT2D eigenvalue weighted by Gasteiger charge is 2.10. The molecule has 0 atom stereocenters. The van der Waals surface area contributed by atoms with Crippen molar-refractivity contribution in [2.45, 2.75) is 0 Å². The van der Waals surface area contributed by atoms with Gasteiger partial charge in [-0.2, -0.15) is 5.10 Å². The van der Waals surface area contributed by atoms with Crippen molar-refractivity contribution in [2.24, 2.45) is 5.10 Å². The van der Waals surface area contributed by atoms with Crippen LogP contribution in [0.15, 0.2) is 17.4 Å². The summed E-state index contributed by atoms with van der Waals surface area (Å²) >= 11 is 0. The van der Waals surface area contributed by atoms with E-state index in [0.29, 0.717) is 0 Å². The van der Waals surface area contributed by atoms with E-state index in [9.17, 15) is 4.79 Å². The van der Waals surface area contributed by atoms with E-state index in [0.717, 1.165) is 31.3 Å². The number of hydrazine groups is 1. The quantitative estimate of drug-likeness (QED) is 0.507. The number of nitrogens with one attached hydrogen (secondary N) is 3. The van der Waals surface area contributed by atoms with Crippen LogP contribution < -0.4 is 16.1 Å². The van der Waals surface area contributed by atoms with Crippen molar-refractivity contribution in [1.29, 1.82) is 0 Å². The molecule has 0 spiro atoms. The minimum Gasteiger partial charge on any atom is -0.450 e. The van der Waals surface area contributed by atoms with Crippen LogP contribution in [0.25, 0.3) is 0 Å². The molecule has 1 saturated heterocycles. The van der Waals surface area contributed by atoms with E-state index in [-0.39, 0.29) is 0 Å². The minimum absolute atomic E-state index is 0.541. The van der Waals surface area contributed by atoms with Gasteiger partial charge in [0, 0.05) is 32.4 Å². The van der Waals surface area contributed by atoms with E-state index in [4.69, 9.17) is 0 Å². The van der Waals surface area contributed by atoms with Gasteiger partial charge in [-0.25, -0.2) is 4.79 Å². The summed E-state index contributed by atoms with van der Waals surface area (Å²) < 4.78 is 4.37. The Morgan fingerprint density at radius 2 is 1.94 bits per heavy atom. The first-order valence-electron chi connectivity index (χ1n) is 5.09. The van der Waals surface area contributed by atoms with Gasteiger partial charge in [-0.05, 0) is 6.08 Å². The molecule has 2 aliphatic rings. The van der Waals surface area contributed by atoms with Crippen molar-refractivity contribution in [1.82, 2.24) is 21.2 Å². The van der Waals surface area contributed by atoms with Gasteiger partial charge in [0.2, 0.25) is 0 Å². The Kier molecular flexibility index (Phi) is 5.97. The maximum Gasteiger partial charge on any atom is 0.450 e. The molecule has 0 aromatic carbocycles. The third-order valence-corrected chi connectivity index (χ3v) is 1.87. The van der Waals surface area contributed by atoms with Crippen molar-refractivity contribution in [3.8, 4) is 0 Å². The smallest absolute Gasteiger partial charge is 0.450 e. The summed E-state index contributed by atoms with van der Waals surface area (Å²) in [5.74, 6) is 0. The molecular weight excluding hydrogens is 210 g/mol. The van der Waals surface area contributed by atoms with Crippen LogP contribution in [0.4, 0.5) is 4.79 Å². The molecule has 0 unspecified atom stereocenters. The van der Waals surface area contributed by atoms with Gasteiger partial charge >= 0.3 is 6.09 Å². The van der Waals surface area contributed by atoms with Gasteiger partial charge in [-0.1, -0.05) is 0 Å². The van der Waals surface area contributed by atoms with E-state index in [1.54, 1.807) is 12.3 Å². The molecule has 2 aliphatic heterocycles. The molecule has 7 nitrogen and oxygen atoms in total. The number of amides is 1. The second-order valence-electron chi connectivity index (χ2n) is 3.03. The average Bonchev–Trinajstić information content (AvgIpc) is 2.41. The zero-order valence-corrected chi connectivity index (χ0v) is 9.27. The van der Waals surface area contributed by atoms with Crippen LogP contribution in [0.5, 0.6) is 0 Å². The van der Waals surface area contributed by atoms with E-state index in [2.05, 4.69) is 25.9 Å². The SMILES string of the molecule is C1CNCCN1.COC(=O)N1N=CC=CN1. The van der Waals surface area contributed by atoms with Gasteiger partial charge < -0.3 is 15.4 Å². The molecule has 1 amide bonds. The van der Waals surface area contributed by atoms with Crippen LogP contribution in [0.2, 0.25) is 0 Å². The Hall–Kier alpha value is -1.60. The van der Waals surface area contributed by atoms with E-state index in [1.165, 1.54) is 13.3 Å². The Morgan fingerprint density at radius 1 is 1.31 bits per heavy atom. The van der Waals surface area contributed by atoms with Crippen LogP contribution in [0.3, 0.4) is 0 Å².